The van der Waals surface area contributed by atoms with Gasteiger partial charge in [-0.25, -0.2) is 18.7 Å². The number of carbonyl (C=O) groups excluding carboxylic acids is 1. The van der Waals surface area contributed by atoms with Crippen molar-refractivity contribution in [1.29, 1.82) is 0 Å². The average molecular weight is 576 g/mol. The summed E-state index contributed by atoms with van der Waals surface area (Å²) in [5, 5.41) is 23.2. The highest BCUT2D eigenvalue weighted by atomic mass is 19.3. The van der Waals surface area contributed by atoms with Crippen LogP contribution in [0.4, 0.5) is 23.5 Å². The highest BCUT2D eigenvalue weighted by Crippen LogP contribution is 2.32. The molecule has 41 heavy (non-hydrogen) atoms. The maximum Gasteiger partial charge on any atom is 0.316 e. The summed E-state index contributed by atoms with van der Waals surface area (Å²) in [4.78, 5) is 27.9. The van der Waals surface area contributed by atoms with Crippen LogP contribution < -0.4 is 4.90 Å². The smallest absolute Gasteiger partial charge is 0.316 e. The zero-order valence-corrected chi connectivity index (χ0v) is 21.5. The molecule has 3 aromatic heterocycles. The second kappa shape index (κ2) is 10.7. The molecule has 0 aliphatic carbocycles. The number of amides is 1. The van der Waals surface area contributed by atoms with Crippen LogP contribution in [-0.2, 0) is 6.42 Å². The lowest BCUT2D eigenvalue weighted by molar-refractivity contribution is 0.0572. The van der Waals surface area contributed by atoms with Gasteiger partial charge in [-0.2, -0.15) is 13.8 Å². The number of hydrogen-bond acceptors (Lipinski definition) is 9. The maximum absolute atomic E-state index is 15.3. The summed E-state index contributed by atoms with van der Waals surface area (Å²) in [7, 11) is 0. The van der Waals surface area contributed by atoms with Gasteiger partial charge in [0.1, 0.15) is 17.8 Å². The lowest BCUT2D eigenvalue weighted by Crippen LogP contribution is -2.35. The number of aromatic nitrogens is 5. The molecule has 216 valence electrons. The standard InChI is InChI=1S/C26H25F4N7O4/c27-16-7-14(25(40)36-10-19(38)20(39)11-36)2-1-13(16)8-18-21-17(28)9-37(23(21)32-12-31-18)15-3-5-35(6-4-15)26-33-24(22(29)30)41-34-26/h1-2,7,9,12,15,19-20,22,38-39H,3-6,8,10-11H2/t19-,20-/m0/s1. The SMILES string of the molecule is O=C(c1ccc(Cc2ncnc3c2c(F)cn3C2CCN(c3noc(C(F)F)n3)CC2)c(F)c1)N1C[C@H](O)[C@@H](O)C1. The fraction of sp³-hybridized carbons (Fsp3) is 0.423. The Morgan fingerprint density at radius 2 is 1.80 bits per heavy atom. The van der Waals surface area contributed by atoms with E-state index in [1.807, 2.05) is 0 Å². The number of carbonyl (C=O) groups is 1. The highest BCUT2D eigenvalue weighted by molar-refractivity contribution is 5.94. The van der Waals surface area contributed by atoms with Crippen molar-refractivity contribution in [3.8, 4) is 0 Å². The molecule has 2 aliphatic heterocycles. The largest absolute Gasteiger partial charge is 0.388 e. The van der Waals surface area contributed by atoms with Gasteiger partial charge in [-0.3, -0.25) is 4.79 Å². The summed E-state index contributed by atoms with van der Waals surface area (Å²) in [6.45, 7) is 0.762. The van der Waals surface area contributed by atoms with Crippen molar-refractivity contribution < 1.29 is 37.1 Å². The number of rotatable bonds is 6. The summed E-state index contributed by atoms with van der Waals surface area (Å²) >= 11 is 0. The molecule has 2 aliphatic rings. The Morgan fingerprint density at radius 1 is 1.07 bits per heavy atom. The van der Waals surface area contributed by atoms with Crippen molar-refractivity contribution in [2.45, 2.75) is 43.9 Å². The Kier molecular flexibility index (Phi) is 7.07. The molecule has 2 fully saturated rings. The predicted octanol–water partition coefficient (Wildman–Crippen LogP) is 2.64. The second-order valence-electron chi connectivity index (χ2n) is 10.2. The third-order valence-electron chi connectivity index (χ3n) is 7.60. The molecule has 2 N–H and O–H groups in total. The molecular formula is C26H25F4N7O4. The summed E-state index contributed by atoms with van der Waals surface area (Å²) in [6.07, 6.45) is -1.31. The summed E-state index contributed by atoms with van der Waals surface area (Å²) in [6, 6.07) is 3.81. The van der Waals surface area contributed by atoms with Crippen LogP contribution in [0.2, 0.25) is 0 Å². The molecule has 5 heterocycles. The minimum absolute atomic E-state index is 0.0473. The molecule has 0 radical (unpaired) electrons. The van der Waals surface area contributed by atoms with Gasteiger partial charge < -0.3 is 29.1 Å². The van der Waals surface area contributed by atoms with Crippen molar-refractivity contribution >= 4 is 22.9 Å². The predicted molar refractivity (Wildman–Crippen MR) is 134 cm³/mol. The number of hydrogen-bond donors (Lipinski definition) is 2. The van der Waals surface area contributed by atoms with E-state index < -0.39 is 42.1 Å². The van der Waals surface area contributed by atoms with Crippen LogP contribution in [0.25, 0.3) is 11.0 Å². The van der Waals surface area contributed by atoms with Gasteiger partial charge in [-0.1, -0.05) is 6.07 Å². The van der Waals surface area contributed by atoms with Gasteiger partial charge in [0.25, 0.3) is 17.7 Å². The number of aliphatic hydroxyl groups excluding tert-OH is 2. The van der Waals surface area contributed by atoms with E-state index in [9.17, 15) is 23.8 Å². The average Bonchev–Trinajstić information content (AvgIpc) is 3.68. The number of β-amino-alcohol motifs (C(OH)–C–C–N with tert-alkyl or cyclic N) is 2. The summed E-state index contributed by atoms with van der Waals surface area (Å²) in [5.41, 5.74) is 0.893. The van der Waals surface area contributed by atoms with Gasteiger partial charge in [0.2, 0.25) is 0 Å². The maximum atomic E-state index is 15.3. The molecule has 1 aromatic carbocycles. The molecule has 11 nitrogen and oxygen atoms in total. The van der Waals surface area contributed by atoms with Crippen molar-refractivity contribution in [1.82, 2.24) is 29.6 Å². The summed E-state index contributed by atoms with van der Waals surface area (Å²) in [5.74, 6) is -2.41. The van der Waals surface area contributed by atoms with Crippen LogP contribution in [0.5, 0.6) is 0 Å². The Bertz CT molecular complexity index is 1580. The zero-order chi connectivity index (χ0) is 28.8. The number of benzene rings is 1. The lowest BCUT2D eigenvalue weighted by Gasteiger charge is -2.31. The second-order valence-corrected chi connectivity index (χ2v) is 10.2. The molecule has 1 amide bonds. The number of nitrogens with zero attached hydrogens (tertiary/aromatic N) is 7. The molecule has 0 unspecified atom stereocenters. The molecule has 2 atom stereocenters. The normalized spacial score (nSPS) is 20.1. The van der Waals surface area contributed by atoms with E-state index >= 15 is 8.78 Å². The number of aliphatic hydroxyl groups is 2. The number of likely N-dealkylation sites (tertiary alicyclic amines) is 1. The molecule has 2 saturated heterocycles. The van der Waals surface area contributed by atoms with Crippen molar-refractivity contribution in [3.63, 3.8) is 0 Å². The molecular weight excluding hydrogens is 550 g/mol. The summed E-state index contributed by atoms with van der Waals surface area (Å²) < 4.78 is 62.2. The van der Waals surface area contributed by atoms with Crippen LogP contribution in [0, 0.1) is 11.6 Å². The third kappa shape index (κ3) is 5.10. The highest BCUT2D eigenvalue weighted by Gasteiger charge is 2.33. The number of piperidine rings is 1. The number of fused-ring (bicyclic) bond motifs is 1. The van der Waals surface area contributed by atoms with Gasteiger partial charge in [0.05, 0.1) is 23.3 Å². The Labute approximate surface area is 230 Å². The first-order valence-electron chi connectivity index (χ1n) is 13.0. The zero-order valence-electron chi connectivity index (χ0n) is 21.5. The first-order chi connectivity index (χ1) is 19.7. The fourth-order valence-electron chi connectivity index (χ4n) is 5.42. The lowest BCUT2D eigenvalue weighted by atomic mass is 10.0. The fourth-order valence-corrected chi connectivity index (χ4v) is 5.42. The van der Waals surface area contributed by atoms with E-state index in [0.717, 1.165) is 6.07 Å². The molecule has 6 rings (SSSR count). The Hall–Kier alpha value is -4.11. The van der Waals surface area contributed by atoms with Gasteiger partial charge in [0, 0.05) is 50.4 Å². The quantitative estimate of drug-likeness (QED) is 0.333. The number of alkyl halides is 2. The van der Waals surface area contributed by atoms with Gasteiger partial charge >= 0.3 is 6.43 Å². The van der Waals surface area contributed by atoms with E-state index in [1.54, 1.807) is 9.47 Å². The minimum Gasteiger partial charge on any atom is -0.388 e. The van der Waals surface area contributed by atoms with E-state index in [-0.39, 0.29) is 53.7 Å². The van der Waals surface area contributed by atoms with Crippen molar-refractivity contribution in [2.24, 2.45) is 0 Å². The molecule has 0 spiro atoms. The monoisotopic (exact) mass is 575 g/mol. The van der Waals surface area contributed by atoms with E-state index in [2.05, 4.69) is 24.6 Å². The molecule has 0 saturated carbocycles. The van der Waals surface area contributed by atoms with E-state index in [0.29, 0.717) is 31.6 Å². The Morgan fingerprint density at radius 3 is 2.46 bits per heavy atom. The molecule has 4 aromatic rings. The van der Waals surface area contributed by atoms with Crippen LogP contribution in [-0.4, -0.2) is 84.1 Å². The van der Waals surface area contributed by atoms with Crippen molar-refractivity contribution in [3.05, 3.63) is 65.1 Å². The van der Waals surface area contributed by atoms with Gasteiger partial charge in [0.15, 0.2) is 5.82 Å². The van der Waals surface area contributed by atoms with Crippen LogP contribution >= 0.6 is 0 Å². The van der Waals surface area contributed by atoms with Crippen LogP contribution in [0.1, 0.15) is 52.8 Å². The van der Waals surface area contributed by atoms with Crippen LogP contribution in [0.15, 0.2) is 35.2 Å². The third-order valence-corrected chi connectivity index (χ3v) is 7.60. The topological polar surface area (TPSA) is 134 Å². The molecule has 15 heteroatoms. The minimum atomic E-state index is -2.86. The Balaban J connectivity index is 1.18. The van der Waals surface area contributed by atoms with Gasteiger partial charge in [-0.15, -0.1) is 0 Å². The number of halogens is 4. The van der Waals surface area contributed by atoms with Crippen molar-refractivity contribution in [2.75, 3.05) is 31.1 Å². The first-order valence-corrected chi connectivity index (χ1v) is 13.0. The van der Waals surface area contributed by atoms with E-state index in [4.69, 9.17) is 0 Å². The first kappa shape index (κ1) is 27.1. The van der Waals surface area contributed by atoms with E-state index in [1.165, 1.54) is 29.6 Å². The van der Waals surface area contributed by atoms with Crippen LogP contribution in [0.3, 0.4) is 0 Å². The number of anilines is 1. The van der Waals surface area contributed by atoms with Gasteiger partial charge in [-0.05, 0) is 35.7 Å². The molecule has 0 bridgehead atoms.